The number of hydrogen-bond acceptors (Lipinski definition) is 6. The van der Waals surface area contributed by atoms with Gasteiger partial charge >= 0.3 is 0 Å². The molecule has 11 heteroatoms. The molecule has 0 saturated carbocycles. The van der Waals surface area contributed by atoms with Crippen LogP contribution in [0.15, 0.2) is 65.6 Å². The summed E-state index contributed by atoms with van der Waals surface area (Å²) in [6.45, 7) is -0.401. The predicted octanol–water partition coefficient (Wildman–Crippen LogP) is 5.50. The van der Waals surface area contributed by atoms with Gasteiger partial charge < -0.3 is 9.47 Å². The van der Waals surface area contributed by atoms with E-state index in [0.29, 0.717) is 26.7 Å². The van der Waals surface area contributed by atoms with E-state index in [1.807, 2.05) is 0 Å². The van der Waals surface area contributed by atoms with Crippen molar-refractivity contribution in [2.45, 2.75) is 4.90 Å². The van der Waals surface area contributed by atoms with Gasteiger partial charge in [0.2, 0.25) is 5.88 Å². The van der Waals surface area contributed by atoms with Crippen LogP contribution in [0.5, 0.6) is 11.6 Å². The molecule has 0 bridgehead atoms. The molecule has 0 aliphatic heterocycles. The number of Topliss-reactive ketones (excluding diaryl/α,β-unsaturated/α-hetero) is 1. The minimum Gasteiger partial charge on any atom is -0.497 e. The molecule has 0 N–H and O–H groups in total. The van der Waals surface area contributed by atoms with Gasteiger partial charge in [0.25, 0.3) is 10.0 Å². The largest absolute Gasteiger partial charge is 0.497 e. The summed E-state index contributed by atoms with van der Waals surface area (Å²) in [5.41, 5.74) is 0.544. The van der Waals surface area contributed by atoms with Crippen molar-refractivity contribution in [3.05, 3.63) is 81.3 Å². The molecule has 0 amide bonds. The molecular weight excluding hydrogens is 511 g/mol. The second-order valence-electron chi connectivity index (χ2n) is 6.83. The van der Waals surface area contributed by atoms with Gasteiger partial charge in [-0.05, 0) is 60.7 Å². The van der Waals surface area contributed by atoms with Gasteiger partial charge in [0.15, 0.2) is 12.4 Å². The van der Waals surface area contributed by atoms with Gasteiger partial charge in [0.1, 0.15) is 5.75 Å². The third-order valence-corrected chi connectivity index (χ3v) is 7.34. The second kappa shape index (κ2) is 9.23. The summed E-state index contributed by atoms with van der Waals surface area (Å²) in [4.78, 5) is 12.6. The first-order valence-corrected chi connectivity index (χ1v) is 12.0. The Kier molecular flexibility index (Phi) is 6.54. The quantitative estimate of drug-likeness (QED) is 0.296. The lowest BCUT2D eigenvalue weighted by molar-refractivity contribution is 0.0919. The fraction of sp³-hybridized carbons (Fsp3) is 0.0909. The average Bonchev–Trinajstić information content (AvgIpc) is 3.18. The third kappa shape index (κ3) is 4.65. The first kappa shape index (κ1) is 23.4. The number of ether oxygens (including phenoxy) is 2. The highest BCUT2D eigenvalue weighted by Crippen LogP contribution is 2.32. The highest BCUT2D eigenvalue weighted by Gasteiger charge is 2.24. The van der Waals surface area contributed by atoms with E-state index in [0.717, 1.165) is 4.09 Å². The molecule has 0 unspecified atom stereocenters. The van der Waals surface area contributed by atoms with Crippen molar-refractivity contribution in [2.75, 3.05) is 13.7 Å². The van der Waals surface area contributed by atoms with E-state index in [1.54, 1.807) is 18.2 Å². The highest BCUT2D eigenvalue weighted by molar-refractivity contribution is 7.90. The predicted molar refractivity (Wildman–Crippen MR) is 127 cm³/mol. The average molecular weight is 526 g/mol. The maximum absolute atomic E-state index is 13.2. The van der Waals surface area contributed by atoms with Crippen LogP contribution >= 0.6 is 34.8 Å². The van der Waals surface area contributed by atoms with Gasteiger partial charge in [-0.15, -0.1) is 9.19 Å². The number of fused-ring (bicyclic) bond motifs is 1. The summed E-state index contributed by atoms with van der Waals surface area (Å²) in [7, 11) is -2.60. The van der Waals surface area contributed by atoms with E-state index in [9.17, 15) is 13.2 Å². The molecule has 3 aromatic carbocycles. The van der Waals surface area contributed by atoms with E-state index in [4.69, 9.17) is 44.3 Å². The van der Waals surface area contributed by atoms with Crippen LogP contribution in [0.4, 0.5) is 0 Å². The van der Waals surface area contributed by atoms with Crippen molar-refractivity contribution < 1.29 is 22.7 Å². The molecule has 0 atom stereocenters. The highest BCUT2D eigenvalue weighted by atomic mass is 35.5. The number of halogens is 3. The maximum Gasteiger partial charge on any atom is 0.283 e. The number of carbonyl (C=O) groups excluding carboxylic acids is 1. The van der Waals surface area contributed by atoms with Gasteiger partial charge in [-0.3, -0.25) is 4.79 Å². The molecular formula is C22H15Cl3N2O5S. The molecule has 4 aromatic rings. The summed E-state index contributed by atoms with van der Waals surface area (Å²) in [5, 5.41) is 5.45. The molecule has 0 aliphatic rings. The van der Waals surface area contributed by atoms with E-state index < -0.39 is 16.6 Å². The molecule has 33 heavy (non-hydrogen) atoms. The summed E-state index contributed by atoms with van der Waals surface area (Å²) in [6, 6.07) is 14.9. The molecule has 0 spiro atoms. The fourth-order valence-corrected chi connectivity index (χ4v) is 4.76. The minimum atomic E-state index is -4.07. The van der Waals surface area contributed by atoms with Crippen molar-refractivity contribution in [2.24, 2.45) is 0 Å². The van der Waals surface area contributed by atoms with Crippen LogP contribution in [-0.2, 0) is 10.0 Å². The van der Waals surface area contributed by atoms with Crippen molar-refractivity contribution in [1.29, 1.82) is 0 Å². The van der Waals surface area contributed by atoms with Crippen molar-refractivity contribution in [3.8, 4) is 11.6 Å². The summed E-state index contributed by atoms with van der Waals surface area (Å²) >= 11 is 17.8. The monoisotopic (exact) mass is 524 g/mol. The molecule has 7 nitrogen and oxygen atoms in total. The summed E-state index contributed by atoms with van der Waals surface area (Å²) < 4.78 is 38.2. The molecule has 0 saturated heterocycles. The Morgan fingerprint density at radius 1 is 0.970 bits per heavy atom. The summed E-state index contributed by atoms with van der Waals surface area (Å²) in [6.07, 6.45) is 0. The molecule has 1 aromatic heterocycles. The molecule has 170 valence electrons. The number of benzene rings is 3. The van der Waals surface area contributed by atoms with Crippen molar-refractivity contribution >= 4 is 61.5 Å². The Morgan fingerprint density at radius 3 is 2.36 bits per heavy atom. The van der Waals surface area contributed by atoms with Crippen LogP contribution in [-0.4, -0.2) is 37.1 Å². The van der Waals surface area contributed by atoms with Crippen LogP contribution in [0.3, 0.4) is 0 Å². The number of carbonyl (C=O) groups is 1. The van der Waals surface area contributed by atoms with Crippen LogP contribution in [0.1, 0.15) is 10.4 Å². The Hall–Kier alpha value is -2.78. The van der Waals surface area contributed by atoms with Gasteiger partial charge in [-0.2, -0.15) is 8.42 Å². The number of rotatable bonds is 7. The van der Waals surface area contributed by atoms with Crippen LogP contribution in [0.25, 0.3) is 10.9 Å². The first-order chi connectivity index (χ1) is 15.7. The zero-order chi connectivity index (χ0) is 23.8. The smallest absolute Gasteiger partial charge is 0.283 e. The number of nitrogens with zero attached hydrogens (tertiary/aromatic N) is 2. The van der Waals surface area contributed by atoms with E-state index >= 15 is 0 Å². The zero-order valence-electron chi connectivity index (χ0n) is 17.0. The van der Waals surface area contributed by atoms with E-state index in [-0.39, 0.29) is 27.1 Å². The van der Waals surface area contributed by atoms with Gasteiger partial charge in [0, 0.05) is 10.6 Å². The van der Waals surface area contributed by atoms with E-state index in [1.165, 1.54) is 49.6 Å². The van der Waals surface area contributed by atoms with Crippen LogP contribution < -0.4 is 9.47 Å². The van der Waals surface area contributed by atoms with Crippen LogP contribution in [0, 0.1) is 0 Å². The first-order valence-electron chi connectivity index (χ1n) is 9.39. The lowest BCUT2D eigenvalue weighted by Crippen LogP contribution is -2.15. The van der Waals surface area contributed by atoms with Gasteiger partial charge in [-0.25, -0.2) is 0 Å². The molecule has 0 fully saturated rings. The molecule has 1 heterocycles. The Balaban J connectivity index is 1.73. The Bertz CT molecular complexity index is 1470. The lowest BCUT2D eigenvalue weighted by atomic mass is 10.1. The fourth-order valence-electron chi connectivity index (χ4n) is 3.05. The normalized spacial score (nSPS) is 11.5. The second-order valence-corrected chi connectivity index (χ2v) is 9.85. The standard InChI is InChI=1S/C22H15Cl3N2O5S/c1-31-15-5-9-20-17(11-15)22(32-12-21(28)13-2-8-18(24)19(25)10-13)26-27(20)33(29,30)16-6-3-14(23)4-7-16/h2-11H,12H2,1H3. The number of ketones is 1. The Labute approximate surface area is 204 Å². The van der Waals surface area contributed by atoms with Crippen molar-refractivity contribution in [1.82, 2.24) is 9.19 Å². The lowest BCUT2D eigenvalue weighted by Gasteiger charge is -2.06. The van der Waals surface area contributed by atoms with E-state index in [2.05, 4.69) is 5.10 Å². The van der Waals surface area contributed by atoms with Crippen LogP contribution in [0.2, 0.25) is 15.1 Å². The topological polar surface area (TPSA) is 87.5 Å². The minimum absolute atomic E-state index is 0.00875. The maximum atomic E-state index is 13.2. The molecule has 0 radical (unpaired) electrons. The molecule has 0 aliphatic carbocycles. The number of methoxy groups -OCH3 is 1. The van der Waals surface area contributed by atoms with Crippen molar-refractivity contribution in [3.63, 3.8) is 0 Å². The third-order valence-electron chi connectivity index (χ3n) is 4.74. The zero-order valence-corrected chi connectivity index (χ0v) is 20.0. The SMILES string of the molecule is COc1ccc2c(c1)c(OCC(=O)c1ccc(Cl)c(Cl)c1)nn2S(=O)(=O)c1ccc(Cl)cc1. The number of hydrogen-bond donors (Lipinski definition) is 0. The van der Waals surface area contributed by atoms with Gasteiger partial charge in [0.05, 0.1) is 33.0 Å². The number of aromatic nitrogens is 2. The summed E-state index contributed by atoms with van der Waals surface area (Å²) in [5.74, 6) is 0.0289. The van der Waals surface area contributed by atoms with Gasteiger partial charge in [-0.1, -0.05) is 34.8 Å². The Morgan fingerprint density at radius 2 is 1.70 bits per heavy atom. The molecule has 4 rings (SSSR count).